The molecule has 0 aromatic carbocycles. The van der Waals surface area contributed by atoms with E-state index in [1.165, 1.54) is 19.3 Å². The fraction of sp³-hybridized carbons (Fsp3) is 0.636. The number of nitrogens with two attached hydrogens (primary N) is 2. The zero-order valence-corrected chi connectivity index (χ0v) is 9.61. The molecule has 5 N–H and O–H groups in total. The van der Waals surface area contributed by atoms with Crippen LogP contribution < -0.4 is 16.8 Å². The zero-order chi connectivity index (χ0) is 11.5. The van der Waals surface area contributed by atoms with E-state index in [1.807, 2.05) is 0 Å². The number of nitrogens with one attached hydrogen (secondary N) is 1. The van der Waals surface area contributed by atoms with E-state index in [0.29, 0.717) is 11.9 Å². The van der Waals surface area contributed by atoms with Crippen LogP contribution in [0.5, 0.6) is 0 Å². The average molecular weight is 221 g/mol. The molecular formula is C11H19N5. The van der Waals surface area contributed by atoms with Gasteiger partial charge in [0.25, 0.3) is 0 Å². The van der Waals surface area contributed by atoms with Gasteiger partial charge in [-0.05, 0) is 18.8 Å². The summed E-state index contributed by atoms with van der Waals surface area (Å²) in [7, 11) is 0. The average Bonchev–Trinajstić information content (AvgIpc) is 2.99. The Balaban J connectivity index is 1.99. The summed E-state index contributed by atoms with van der Waals surface area (Å²) in [6, 6.07) is 2.19. The van der Waals surface area contributed by atoms with Gasteiger partial charge in [-0.3, -0.25) is 0 Å². The first kappa shape index (κ1) is 11.0. The van der Waals surface area contributed by atoms with E-state index in [1.54, 1.807) is 6.07 Å². The van der Waals surface area contributed by atoms with Crippen molar-refractivity contribution in [1.29, 1.82) is 0 Å². The molecule has 2 rings (SSSR count). The third-order valence-corrected chi connectivity index (χ3v) is 2.92. The zero-order valence-electron chi connectivity index (χ0n) is 9.61. The summed E-state index contributed by atoms with van der Waals surface area (Å²) in [4.78, 5) is 7.97. The molecule has 1 aromatic heterocycles. The number of rotatable bonds is 5. The highest BCUT2D eigenvalue weighted by Gasteiger charge is 2.24. The summed E-state index contributed by atoms with van der Waals surface area (Å²) in [5.41, 5.74) is 11.2. The first-order valence-electron chi connectivity index (χ1n) is 5.84. The van der Waals surface area contributed by atoms with Gasteiger partial charge in [-0.15, -0.1) is 0 Å². The van der Waals surface area contributed by atoms with Crippen molar-refractivity contribution in [2.24, 2.45) is 5.92 Å². The molecule has 5 nitrogen and oxygen atoms in total. The molecule has 1 atom stereocenters. The molecule has 16 heavy (non-hydrogen) atoms. The van der Waals surface area contributed by atoms with Gasteiger partial charge < -0.3 is 16.8 Å². The maximum absolute atomic E-state index is 5.62. The van der Waals surface area contributed by atoms with E-state index >= 15 is 0 Å². The standard InChI is InChI=1S/C11H19N5/c1-2-8(5-7-3-4-7)14-10-6-9(12)15-11(13)16-10/h6-8H,2-5H2,1H3,(H5,12,13,14,15,16). The molecular weight excluding hydrogens is 202 g/mol. The van der Waals surface area contributed by atoms with Gasteiger partial charge in [0.2, 0.25) is 5.95 Å². The van der Waals surface area contributed by atoms with Crippen LogP contribution in [0.4, 0.5) is 17.6 Å². The summed E-state index contributed by atoms with van der Waals surface area (Å²) in [6.45, 7) is 2.17. The normalized spacial score (nSPS) is 17.1. The predicted octanol–water partition coefficient (Wildman–Crippen LogP) is 1.63. The Hall–Kier alpha value is -1.52. The highest BCUT2D eigenvalue weighted by atomic mass is 15.1. The molecule has 1 aliphatic carbocycles. The van der Waals surface area contributed by atoms with Gasteiger partial charge in [-0.1, -0.05) is 19.8 Å². The highest BCUT2D eigenvalue weighted by molar-refractivity contribution is 5.48. The van der Waals surface area contributed by atoms with E-state index in [2.05, 4.69) is 22.2 Å². The molecule has 0 bridgehead atoms. The lowest BCUT2D eigenvalue weighted by Crippen LogP contribution is -2.20. The minimum absolute atomic E-state index is 0.226. The summed E-state index contributed by atoms with van der Waals surface area (Å²) in [5, 5.41) is 3.37. The molecule has 0 aliphatic heterocycles. The van der Waals surface area contributed by atoms with Crippen molar-refractivity contribution >= 4 is 17.6 Å². The molecule has 5 heteroatoms. The Kier molecular flexibility index (Phi) is 3.12. The minimum Gasteiger partial charge on any atom is -0.383 e. The van der Waals surface area contributed by atoms with Crippen molar-refractivity contribution in [1.82, 2.24) is 9.97 Å². The van der Waals surface area contributed by atoms with Crippen molar-refractivity contribution in [3.63, 3.8) is 0 Å². The minimum atomic E-state index is 0.226. The van der Waals surface area contributed by atoms with Crippen LogP contribution >= 0.6 is 0 Å². The van der Waals surface area contributed by atoms with E-state index < -0.39 is 0 Å². The molecule has 1 saturated carbocycles. The Bertz CT molecular complexity index is 341. The number of hydrogen-bond donors (Lipinski definition) is 3. The van der Waals surface area contributed by atoms with Crippen LogP contribution in [0, 0.1) is 5.92 Å². The van der Waals surface area contributed by atoms with E-state index in [-0.39, 0.29) is 5.95 Å². The van der Waals surface area contributed by atoms with Gasteiger partial charge in [-0.25, -0.2) is 0 Å². The molecule has 0 amide bonds. The second-order valence-electron chi connectivity index (χ2n) is 4.46. The van der Waals surface area contributed by atoms with Crippen molar-refractivity contribution in [3.8, 4) is 0 Å². The summed E-state index contributed by atoms with van der Waals surface area (Å²) >= 11 is 0. The highest BCUT2D eigenvalue weighted by Crippen LogP contribution is 2.34. The molecule has 1 unspecified atom stereocenters. The van der Waals surface area contributed by atoms with Gasteiger partial charge >= 0.3 is 0 Å². The fourth-order valence-corrected chi connectivity index (χ4v) is 1.85. The van der Waals surface area contributed by atoms with Crippen LogP contribution in [-0.4, -0.2) is 16.0 Å². The van der Waals surface area contributed by atoms with Crippen LogP contribution in [0.15, 0.2) is 6.07 Å². The number of nitrogens with zero attached hydrogens (tertiary/aromatic N) is 2. The molecule has 0 spiro atoms. The van der Waals surface area contributed by atoms with Gasteiger partial charge in [-0.2, -0.15) is 9.97 Å². The molecule has 1 heterocycles. The molecule has 1 aliphatic rings. The topological polar surface area (TPSA) is 89.8 Å². The molecule has 1 fully saturated rings. The third kappa shape index (κ3) is 2.98. The Labute approximate surface area is 95.6 Å². The van der Waals surface area contributed by atoms with Gasteiger partial charge in [0.1, 0.15) is 11.6 Å². The van der Waals surface area contributed by atoms with E-state index in [9.17, 15) is 0 Å². The third-order valence-electron chi connectivity index (χ3n) is 2.92. The first-order chi connectivity index (χ1) is 7.67. The van der Waals surface area contributed by atoms with Gasteiger partial charge in [0.05, 0.1) is 0 Å². The largest absolute Gasteiger partial charge is 0.383 e. The number of hydrogen-bond acceptors (Lipinski definition) is 5. The van der Waals surface area contributed by atoms with E-state index in [0.717, 1.165) is 18.2 Å². The Morgan fingerprint density at radius 3 is 2.75 bits per heavy atom. The van der Waals surface area contributed by atoms with Crippen LogP contribution in [0.25, 0.3) is 0 Å². The van der Waals surface area contributed by atoms with Crippen molar-refractivity contribution < 1.29 is 0 Å². The fourth-order valence-electron chi connectivity index (χ4n) is 1.85. The number of aromatic nitrogens is 2. The smallest absolute Gasteiger partial charge is 0.223 e. The lowest BCUT2D eigenvalue weighted by molar-refractivity contribution is 0.585. The summed E-state index contributed by atoms with van der Waals surface area (Å²) in [5.74, 6) is 2.27. The Morgan fingerprint density at radius 1 is 1.44 bits per heavy atom. The molecule has 88 valence electrons. The van der Waals surface area contributed by atoms with Gasteiger partial charge in [0, 0.05) is 12.1 Å². The molecule has 0 saturated heterocycles. The molecule has 1 aromatic rings. The van der Waals surface area contributed by atoms with Crippen molar-refractivity contribution in [3.05, 3.63) is 6.07 Å². The maximum Gasteiger partial charge on any atom is 0.223 e. The summed E-state index contributed by atoms with van der Waals surface area (Å²) < 4.78 is 0. The first-order valence-corrected chi connectivity index (χ1v) is 5.84. The number of anilines is 3. The second-order valence-corrected chi connectivity index (χ2v) is 4.46. The van der Waals surface area contributed by atoms with Crippen LogP contribution in [-0.2, 0) is 0 Å². The van der Waals surface area contributed by atoms with Gasteiger partial charge in [0.15, 0.2) is 0 Å². The Morgan fingerprint density at radius 2 is 2.19 bits per heavy atom. The van der Waals surface area contributed by atoms with Crippen LogP contribution in [0.3, 0.4) is 0 Å². The lowest BCUT2D eigenvalue weighted by atomic mass is 10.1. The summed E-state index contributed by atoms with van der Waals surface area (Å²) in [6.07, 6.45) is 5.03. The van der Waals surface area contributed by atoms with Crippen molar-refractivity contribution in [2.75, 3.05) is 16.8 Å². The monoisotopic (exact) mass is 221 g/mol. The SMILES string of the molecule is CCC(CC1CC1)Nc1cc(N)nc(N)n1. The number of nitrogen functional groups attached to an aromatic ring is 2. The lowest BCUT2D eigenvalue weighted by Gasteiger charge is -2.17. The second kappa shape index (κ2) is 4.55. The maximum atomic E-state index is 5.62. The quantitative estimate of drug-likeness (QED) is 0.703. The van der Waals surface area contributed by atoms with Crippen LogP contribution in [0.2, 0.25) is 0 Å². The van der Waals surface area contributed by atoms with Crippen LogP contribution in [0.1, 0.15) is 32.6 Å². The van der Waals surface area contributed by atoms with E-state index in [4.69, 9.17) is 11.5 Å². The molecule has 0 radical (unpaired) electrons. The predicted molar refractivity (Wildman–Crippen MR) is 65.9 cm³/mol. The van der Waals surface area contributed by atoms with Crippen molar-refractivity contribution in [2.45, 2.75) is 38.6 Å².